The second-order valence-electron chi connectivity index (χ2n) is 3.73. The Balaban J connectivity index is 0.00000289. The van der Waals surface area contributed by atoms with Crippen LogP contribution in [0.3, 0.4) is 0 Å². The molecule has 0 aliphatic heterocycles. The Bertz CT molecular complexity index is 400. The molecule has 1 atom stereocenters. The highest BCUT2D eigenvalue weighted by molar-refractivity contribution is 6.32. The summed E-state index contributed by atoms with van der Waals surface area (Å²) in [5.41, 5.74) is 6.32. The van der Waals surface area contributed by atoms with Gasteiger partial charge in [0.15, 0.2) is 0 Å². The molecule has 1 aromatic carbocycles. The minimum absolute atomic E-state index is 0. The van der Waals surface area contributed by atoms with Crippen LogP contribution in [0.4, 0.5) is 5.69 Å². The van der Waals surface area contributed by atoms with Gasteiger partial charge in [-0.15, -0.1) is 12.4 Å². The van der Waals surface area contributed by atoms with Crippen molar-refractivity contribution in [3.05, 3.63) is 23.2 Å². The topological polar surface area (TPSA) is 64.4 Å². The Kier molecular flexibility index (Phi) is 7.75. The molecule has 0 aromatic heterocycles. The largest absolute Gasteiger partial charge is 0.495 e. The Morgan fingerprint density at radius 3 is 2.72 bits per heavy atom. The van der Waals surface area contributed by atoms with Crippen molar-refractivity contribution in [1.82, 2.24) is 0 Å². The molecule has 3 N–H and O–H groups in total. The lowest BCUT2D eigenvalue weighted by Crippen LogP contribution is -2.35. The standard InChI is InChI=1S/C12H17ClN2O2.ClH/c1-3-4-10(14)12(16)15-8-5-6-11(17-2)9(13)7-8;/h5-7,10H,3-4,14H2,1-2H3,(H,15,16);1H. The van der Waals surface area contributed by atoms with Gasteiger partial charge in [0.25, 0.3) is 0 Å². The molecular formula is C12H18Cl2N2O2. The smallest absolute Gasteiger partial charge is 0.241 e. The van der Waals surface area contributed by atoms with Gasteiger partial charge in [-0.2, -0.15) is 0 Å². The number of methoxy groups -OCH3 is 1. The number of nitrogens with two attached hydrogens (primary N) is 1. The van der Waals surface area contributed by atoms with Crippen molar-refractivity contribution in [3.63, 3.8) is 0 Å². The number of anilines is 1. The van der Waals surface area contributed by atoms with Gasteiger partial charge >= 0.3 is 0 Å². The van der Waals surface area contributed by atoms with Crippen LogP contribution in [0.5, 0.6) is 5.75 Å². The van der Waals surface area contributed by atoms with E-state index in [4.69, 9.17) is 22.1 Å². The number of ether oxygens (including phenoxy) is 1. The first-order chi connectivity index (χ1) is 8.08. The number of nitrogens with one attached hydrogen (secondary N) is 1. The average molecular weight is 293 g/mol. The van der Waals surface area contributed by atoms with Crippen molar-refractivity contribution in [2.75, 3.05) is 12.4 Å². The SMILES string of the molecule is CCCC(N)C(=O)Nc1ccc(OC)c(Cl)c1.Cl. The molecular weight excluding hydrogens is 275 g/mol. The summed E-state index contributed by atoms with van der Waals surface area (Å²) in [6.45, 7) is 1.98. The van der Waals surface area contributed by atoms with E-state index in [-0.39, 0.29) is 18.3 Å². The predicted octanol–water partition coefficient (Wildman–Crippen LogP) is 2.84. The molecule has 18 heavy (non-hydrogen) atoms. The zero-order valence-corrected chi connectivity index (χ0v) is 12.0. The van der Waals surface area contributed by atoms with Gasteiger partial charge in [-0.25, -0.2) is 0 Å². The van der Waals surface area contributed by atoms with Crippen molar-refractivity contribution in [3.8, 4) is 5.75 Å². The zero-order chi connectivity index (χ0) is 12.8. The summed E-state index contributed by atoms with van der Waals surface area (Å²) in [5, 5.41) is 3.17. The number of amides is 1. The third-order valence-corrected chi connectivity index (χ3v) is 2.65. The molecule has 0 saturated carbocycles. The number of carbonyl (C=O) groups is 1. The first kappa shape index (κ1) is 17.0. The maximum absolute atomic E-state index is 11.7. The summed E-state index contributed by atoms with van der Waals surface area (Å²) in [6, 6.07) is 4.57. The van der Waals surface area contributed by atoms with Crippen molar-refractivity contribution in [1.29, 1.82) is 0 Å². The molecule has 0 saturated heterocycles. The Labute approximate surface area is 118 Å². The first-order valence-corrected chi connectivity index (χ1v) is 5.86. The number of hydrogen-bond donors (Lipinski definition) is 2. The quantitative estimate of drug-likeness (QED) is 0.877. The van der Waals surface area contributed by atoms with E-state index in [0.29, 0.717) is 22.9 Å². The molecule has 0 aliphatic carbocycles. The van der Waals surface area contributed by atoms with Crippen LogP contribution in [-0.4, -0.2) is 19.1 Å². The first-order valence-electron chi connectivity index (χ1n) is 5.48. The Morgan fingerprint density at radius 1 is 1.56 bits per heavy atom. The molecule has 1 rings (SSSR count). The van der Waals surface area contributed by atoms with Crippen LogP contribution in [0, 0.1) is 0 Å². The number of hydrogen-bond acceptors (Lipinski definition) is 3. The zero-order valence-electron chi connectivity index (χ0n) is 10.4. The van der Waals surface area contributed by atoms with Crippen molar-refractivity contribution in [2.45, 2.75) is 25.8 Å². The van der Waals surface area contributed by atoms with Crippen molar-refractivity contribution in [2.24, 2.45) is 5.73 Å². The summed E-state index contributed by atoms with van der Waals surface area (Å²) in [6.07, 6.45) is 1.54. The van der Waals surface area contributed by atoms with Crippen LogP contribution in [-0.2, 0) is 4.79 Å². The van der Waals surface area contributed by atoms with Crippen LogP contribution in [0.25, 0.3) is 0 Å². The van der Waals surface area contributed by atoms with E-state index in [1.807, 2.05) is 6.92 Å². The lowest BCUT2D eigenvalue weighted by atomic mass is 10.1. The third-order valence-electron chi connectivity index (χ3n) is 2.36. The van der Waals surface area contributed by atoms with E-state index in [9.17, 15) is 4.79 Å². The Morgan fingerprint density at radius 2 is 2.22 bits per heavy atom. The molecule has 0 spiro atoms. The molecule has 4 nitrogen and oxygen atoms in total. The molecule has 0 fully saturated rings. The van der Waals surface area contributed by atoms with Gasteiger partial charge in [0.05, 0.1) is 18.2 Å². The molecule has 0 radical (unpaired) electrons. The predicted molar refractivity (Wildman–Crippen MR) is 76.8 cm³/mol. The summed E-state index contributed by atoms with van der Waals surface area (Å²) >= 11 is 5.95. The van der Waals surface area contributed by atoms with Crippen LogP contribution in [0.2, 0.25) is 5.02 Å². The lowest BCUT2D eigenvalue weighted by molar-refractivity contribution is -0.117. The van der Waals surface area contributed by atoms with E-state index < -0.39 is 6.04 Å². The van der Waals surface area contributed by atoms with Gasteiger partial charge in [-0.05, 0) is 24.6 Å². The van der Waals surface area contributed by atoms with E-state index in [2.05, 4.69) is 5.32 Å². The summed E-state index contributed by atoms with van der Waals surface area (Å²) in [4.78, 5) is 11.7. The molecule has 1 amide bonds. The van der Waals surface area contributed by atoms with Gasteiger partial charge in [-0.1, -0.05) is 24.9 Å². The van der Waals surface area contributed by atoms with Crippen LogP contribution in [0.15, 0.2) is 18.2 Å². The van der Waals surface area contributed by atoms with Gasteiger partial charge < -0.3 is 15.8 Å². The summed E-state index contributed by atoms with van der Waals surface area (Å²) in [5.74, 6) is 0.371. The minimum atomic E-state index is -0.485. The van der Waals surface area contributed by atoms with Crippen molar-refractivity contribution >= 4 is 35.6 Å². The summed E-state index contributed by atoms with van der Waals surface area (Å²) < 4.78 is 5.02. The van der Waals surface area contributed by atoms with Gasteiger partial charge in [0, 0.05) is 5.69 Å². The van der Waals surface area contributed by atoms with Gasteiger partial charge in [-0.3, -0.25) is 4.79 Å². The molecule has 0 bridgehead atoms. The fraction of sp³-hybridized carbons (Fsp3) is 0.417. The maximum atomic E-state index is 11.7. The monoisotopic (exact) mass is 292 g/mol. The average Bonchev–Trinajstić information content (AvgIpc) is 2.29. The van der Waals surface area contributed by atoms with Gasteiger partial charge in [0.2, 0.25) is 5.91 Å². The molecule has 102 valence electrons. The third kappa shape index (κ3) is 4.72. The molecule has 1 aromatic rings. The lowest BCUT2D eigenvalue weighted by Gasteiger charge is -2.12. The maximum Gasteiger partial charge on any atom is 0.241 e. The fourth-order valence-corrected chi connectivity index (χ4v) is 1.68. The normalized spacial score (nSPS) is 11.3. The van der Waals surface area contributed by atoms with E-state index in [0.717, 1.165) is 6.42 Å². The highest BCUT2D eigenvalue weighted by Gasteiger charge is 2.12. The van der Waals surface area contributed by atoms with E-state index >= 15 is 0 Å². The van der Waals surface area contributed by atoms with Crippen LogP contribution < -0.4 is 15.8 Å². The molecule has 1 unspecified atom stereocenters. The number of carbonyl (C=O) groups excluding carboxylic acids is 1. The second kappa shape index (κ2) is 8.19. The minimum Gasteiger partial charge on any atom is -0.495 e. The molecule has 6 heteroatoms. The summed E-state index contributed by atoms with van der Waals surface area (Å²) in [7, 11) is 1.54. The number of halogens is 2. The van der Waals surface area contributed by atoms with E-state index in [1.165, 1.54) is 7.11 Å². The van der Waals surface area contributed by atoms with E-state index in [1.54, 1.807) is 18.2 Å². The number of rotatable bonds is 5. The van der Waals surface area contributed by atoms with Crippen LogP contribution >= 0.6 is 24.0 Å². The molecule has 0 aliphatic rings. The Hall–Kier alpha value is -0.970. The van der Waals surface area contributed by atoms with Crippen molar-refractivity contribution < 1.29 is 9.53 Å². The second-order valence-corrected chi connectivity index (χ2v) is 4.14. The van der Waals surface area contributed by atoms with Crippen LogP contribution in [0.1, 0.15) is 19.8 Å². The molecule has 0 heterocycles. The highest BCUT2D eigenvalue weighted by Crippen LogP contribution is 2.27. The highest BCUT2D eigenvalue weighted by atomic mass is 35.5. The number of benzene rings is 1. The fourth-order valence-electron chi connectivity index (χ4n) is 1.42. The van der Waals surface area contributed by atoms with Gasteiger partial charge in [0.1, 0.15) is 5.75 Å².